The van der Waals surface area contributed by atoms with Gasteiger partial charge in [0.2, 0.25) is 5.91 Å². The minimum atomic E-state index is -0.133. The number of carbonyl (C=O) groups excluding carboxylic acids is 1. The smallest absolute Gasteiger partial charge is 0.227 e. The van der Waals surface area contributed by atoms with Gasteiger partial charge >= 0.3 is 0 Å². The Kier molecular flexibility index (Phi) is 5.36. The van der Waals surface area contributed by atoms with E-state index in [9.17, 15) is 4.79 Å². The fourth-order valence-corrected chi connectivity index (χ4v) is 3.18. The van der Waals surface area contributed by atoms with Crippen molar-refractivity contribution in [3.05, 3.63) is 44.3 Å². The normalized spacial score (nSPS) is 9.90. The van der Waals surface area contributed by atoms with Crippen molar-refractivity contribution in [2.24, 2.45) is 0 Å². The number of amides is 1. The van der Waals surface area contributed by atoms with Crippen molar-refractivity contribution in [1.82, 2.24) is 4.90 Å². The maximum Gasteiger partial charge on any atom is 0.227 e. The van der Waals surface area contributed by atoms with Crippen molar-refractivity contribution in [1.29, 1.82) is 0 Å². The summed E-state index contributed by atoms with van der Waals surface area (Å²) in [6.07, 6.45) is 0.454. The van der Waals surface area contributed by atoms with Gasteiger partial charge in [0.05, 0.1) is 11.3 Å². The van der Waals surface area contributed by atoms with E-state index in [1.807, 2.05) is 36.0 Å². The maximum atomic E-state index is 12.1. The van der Waals surface area contributed by atoms with Crippen LogP contribution in [0.15, 0.2) is 29.0 Å². The van der Waals surface area contributed by atoms with Crippen molar-refractivity contribution >= 4 is 28.6 Å². The number of thiophene rings is 2. The molecular weight excluding hydrogens is 290 g/mol. The second-order valence-electron chi connectivity index (χ2n) is 4.29. The van der Waals surface area contributed by atoms with Crippen molar-refractivity contribution in [2.75, 3.05) is 13.7 Å². The van der Waals surface area contributed by atoms with E-state index in [-0.39, 0.29) is 12.5 Å². The number of aliphatic hydroxyl groups is 1. The molecule has 0 aliphatic heterocycles. The lowest BCUT2D eigenvalue weighted by atomic mass is 10.2. The average Bonchev–Trinajstić information content (AvgIpc) is 3.08. The Bertz CT molecular complexity index is 620. The number of hydrogen-bond donors (Lipinski definition) is 1. The Labute approximate surface area is 126 Å². The van der Waals surface area contributed by atoms with E-state index in [1.54, 1.807) is 16.2 Å². The zero-order chi connectivity index (χ0) is 14.4. The van der Waals surface area contributed by atoms with Gasteiger partial charge in [-0.3, -0.25) is 4.79 Å². The van der Waals surface area contributed by atoms with Crippen LogP contribution in [0, 0.1) is 11.8 Å². The molecule has 0 aliphatic carbocycles. The highest BCUT2D eigenvalue weighted by atomic mass is 32.1. The molecule has 0 bridgehead atoms. The Morgan fingerprint density at radius 2 is 2.30 bits per heavy atom. The van der Waals surface area contributed by atoms with Gasteiger partial charge in [-0.15, -0.1) is 22.7 Å². The highest BCUT2D eigenvalue weighted by Gasteiger charge is 2.11. The lowest BCUT2D eigenvalue weighted by molar-refractivity contribution is -0.129. The lowest BCUT2D eigenvalue weighted by Gasteiger charge is -2.15. The number of rotatable bonds is 4. The third kappa shape index (κ3) is 4.20. The average molecular weight is 305 g/mol. The molecule has 0 aliphatic rings. The molecule has 1 amide bonds. The first-order chi connectivity index (χ1) is 9.69. The van der Waals surface area contributed by atoms with Crippen molar-refractivity contribution < 1.29 is 9.90 Å². The van der Waals surface area contributed by atoms with Crippen LogP contribution in [-0.4, -0.2) is 29.6 Å². The largest absolute Gasteiger partial charge is 0.384 e. The highest BCUT2D eigenvalue weighted by molar-refractivity contribution is 7.10. The zero-order valence-electron chi connectivity index (χ0n) is 11.1. The lowest BCUT2D eigenvalue weighted by Crippen LogP contribution is -2.27. The van der Waals surface area contributed by atoms with E-state index < -0.39 is 0 Å². The van der Waals surface area contributed by atoms with Crippen LogP contribution in [0.5, 0.6) is 0 Å². The SMILES string of the molecule is CN(Cc1csc(C#CCO)c1)C(=O)Cc1cccs1. The van der Waals surface area contributed by atoms with Gasteiger partial charge in [0.1, 0.15) is 6.61 Å². The van der Waals surface area contributed by atoms with Gasteiger partial charge in [-0.1, -0.05) is 17.9 Å². The minimum Gasteiger partial charge on any atom is -0.384 e. The molecule has 0 aromatic carbocycles. The summed E-state index contributed by atoms with van der Waals surface area (Å²) in [5.41, 5.74) is 1.07. The first-order valence-corrected chi connectivity index (χ1v) is 7.88. The van der Waals surface area contributed by atoms with Crippen LogP contribution in [0.3, 0.4) is 0 Å². The zero-order valence-corrected chi connectivity index (χ0v) is 12.8. The van der Waals surface area contributed by atoms with E-state index in [4.69, 9.17) is 5.11 Å². The summed E-state index contributed by atoms with van der Waals surface area (Å²) in [7, 11) is 1.81. The van der Waals surface area contributed by atoms with E-state index >= 15 is 0 Å². The first kappa shape index (κ1) is 14.8. The van der Waals surface area contributed by atoms with Gasteiger partial charge in [0, 0.05) is 18.5 Å². The van der Waals surface area contributed by atoms with Crippen LogP contribution in [-0.2, 0) is 17.8 Å². The summed E-state index contributed by atoms with van der Waals surface area (Å²) in [6.45, 7) is 0.452. The standard InChI is InChI=1S/C15H15NO2S2/c1-16(15(18)9-14-5-3-7-19-14)10-12-8-13(20-11-12)4-2-6-17/h3,5,7-8,11,17H,6,9-10H2,1H3. The van der Waals surface area contributed by atoms with Gasteiger partial charge in [-0.05, 0) is 28.5 Å². The van der Waals surface area contributed by atoms with E-state index in [0.717, 1.165) is 15.3 Å². The number of hydrogen-bond acceptors (Lipinski definition) is 4. The van der Waals surface area contributed by atoms with Crippen LogP contribution in [0.4, 0.5) is 0 Å². The summed E-state index contributed by atoms with van der Waals surface area (Å²) < 4.78 is 0. The summed E-state index contributed by atoms with van der Waals surface area (Å²) >= 11 is 3.13. The molecule has 0 spiro atoms. The monoisotopic (exact) mass is 305 g/mol. The molecule has 20 heavy (non-hydrogen) atoms. The Morgan fingerprint density at radius 1 is 1.45 bits per heavy atom. The molecule has 0 saturated heterocycles. The number of likely N-dealkylation sites (N-methyl/N-ethyl adjacent to an activating group) is 1. The third-order valence-corrected chi connectivity index (χ3v) is 4.47. The molecule has 0 atom stereocenters. The second-order valence-corrected chi connectivity index (χ2v) is 6.23. The Morgan fingerprint density at radius 3 is 3.00 bits per heavy atom. The fraction of sp³-hybridized carbons (Fsp3) is 0.267. The summed E-state index contributed by atoms with van der Waals surface area (Å²) in [6, 6.07) is 5.89. The van der Waals surface area contributed by atoms with Gasteiger partial charge < -0.3 is 10.0 Å². The molecule has 0 unspecified atom stereocenters. The summed E-state index contributed by atoms with van der Waals surface area (Å²) in [4.78, 5) is 15.8. The number of aliphatic hydroxyl groups excluding tert-OH is 1. The topological polar surface area (TPSA) is 40.5 Å². The van der Waals surface area contributed by atoms with Crippen molar-refractivity contribution in [2.45, 2.75) is 13.0 Å². The van der Waals surface area contributed by atoms with E-state index in [2.05, 4.69) is 11.8 Å². The number of nitrogens with zero attached hydrogens (tertiary/aromatic N) is 1. The third-order valence-electron chi connectivity index (χ3n) is 2.70. The summed E-state index contributed by atoms with van der Waals surface area (Å²) in [5.74, 6) is 5.60. The molecule has 1 N–H and O–H groups in total. The Hall–Kier alpha value is -1.61. The van der Waals surface area contributed by atoms with Crippen molar-refractivity contribution in [3.63, 3.8) is 0 Å². The molecule has 0 saturated carbocycles. The van der Waals surface area contributed by atoms with Crippen LogP contribution >= 0.6 is 22.7 Å². The first-order valence-electron chi connectivity index (χ1n) is 6.12. The molecule has 3 nitrogen and oxygen atoms in total. The molecular formula is C15H15NO2S2. The van der Waals surface area contributed by atoms with Gasteiger partial charge in [-0.25, -0.2) is 0 Å². The highest BCUT2D eigenvalue weighted by Crippen LogP contribution is 2.16. The van der Waals surface area contributed by atoms with Gasteiger partial charge in [-0.2, -0.15) is 0 Å². The number of carbonyl (C=O) groups is 1. The van der Waals surface area contributed by atoms with Gasteiger partial charge in [0.15, 0.2) is 0 Å². The maximum absolute atomic E-state index is 12.1. The second kappa shape index (κ2) is 7.25. The molecule has 5 heteroatoms. The predicted octanol–water partition coefficient (Wildman–Crippen LogP) is 2.35. The fourth-order valence-electron chi connectivity index (χ4n) is 1.71. The molecule has 2 rings (SSSR count). The van der Waals surface area contributed by atoms with Gasteiger partial charge in [0.25, 0.3) is 0 Å². The molecule has 0 radical (unpaired) electrons. The Balaban J connectivity index is 1.92. The van der Waals surface area contributed by atoms with Crippen LogP contribution in [0.2, 0.25) is 0 Å². The molecule has 0 fully saturated rings. The van der Waals surface area contributed by atoms with Crippen molar-refractivity contribution in [3.8, 4) is 11.8 Å². The van der Waals surface area contributed by atoms with Crippen LogP contribution in [0.1, 0.15) is 15.3 Å². The predicted molar refractivity (Wildman–Crippen MR) is 82.8 cm³/mol. The quantitative estimate of drug-likeness (QED) is 0.881. The van der Waals surface area contributed by atoms with Crippen LogP contribution in [0.25, 0.3) is 0 Å². The van der Waals surface area contributed by atoms with Crippen LogP contribution < -0.4 is 0 Å². The molecule has 2 aromatic heterocycles. The molecule has 2 heterocycles. The van der Waals surface area contributed by atoms with E-state index in [0.29, 0.717) is 13.0 Å². The minimum absolute atomic E-state index is 0.113. The molecule has 104 valence electrons. The van der Waals surface area contributed by atoms with E-state index in [1.165, 1.54) is 11.3 Å². The summed E-state index contributed by atoms with van der Waals surface area (Å²) in [5, 5.41) is 12.6. The molecule has 2 aromatic rings.